The first kappa shape index (κ1) is 28.4. The van der Waals surface area contributed by atoms with E-state index >= 15 is 0 Å². The number of amides is 2. The van der Waals surface area contributed by atoms with Crippen molar-refractivity contribution in [3.63, 3.8) is 0 Å². The van der Waals surface area contributed by atoms with Gasteiger partial charge in [-0.05, 0) is 78.1 Å². The third-order valence-electron chi connectivity index (χ3n) is 7.97. The SMILES string of the molecule is Cc1ccc(NC(=O)Nc2cc(-c3ccccc3-c3nn[nH]n3)ccc2N(Cc2ccc(Cl)cc2)C2CCCCC2)cc1. The molecule has 0 aliphatic heterocycles. The van der Waals surface area contributed by atoms with Gasteiger partial charge in [0.1, 0.15) is 0 Å². The van der Waals surface area contributed by atoms with E-state index in [1.807, 2.05) is 73.7 Å². The Bertz CT molecular complexity index is 1660. The monoisotopic (exact) mass is 591 g/mol. The molecule has 0 atom stereocenters. The van der Waals surface area contributed by atoms with Crippen LogP contribution in [-0.2, 0) is 6.54 Å². The average molecular weight is 592 g/mol. The number of nitrogens with zero attached hydrogens (tertiary/aromatic N) is 4. The van der Waals surface area contributed by atoms with Crippen LogP contribution in [0.5, 0.6) is 0 Å². The van der Waals surface area contributed by atoms with Crippen LogP contribution in [0.3, 0.4) is 0 Å². The van der Waals surface area contributed by atoms with Crippen LogP contribution < -0.4 is 15.5 Å². The van der Waals surface area contributed by atoms with Crippen molar-refractivity contribution in [3.05, 3.63) is 107 Å². The number of H-pyrrole nitrogens is 1. The Morgan fingerprint density at radius 2 is 1.65 bits per heavy atom. The lowest BCUT2D eigenvalue weighted by atomic mass is 9.92. The molecule has 9 heteroatoms. The molecule has 3 N–H and O–H groups in total. The Labute approximate surface area is 256 Å². The van der Waals surface area contributed by atoms with Crippen molar-refractivity contribution in [2.24, 2.45) is 0 Å². The van der Waals surface area contributed by atoms with Gasteiger partial charge in [0.05, 0.1) is 11.4 Å². The molecule has 1 heterocycles. The van der Waals surface area contributed by atoms with Crippen molar-refractivity contribution in [2.45, 2.75) is 51.6 Å². The standard InChI is InChI=1S/C34H34ClN7O/c1-23-11-18-27(19-12-23)36-34(43)37-31-21-25(29-9-5-6-10-30(29)33-38-40-41-39-33)15-20-32(31)42(28-7-3-2-4-8-28)22-24-13-16-26(35)17-14-24/h5-6,9-21,28H,2-4,7-8,22H2,1H3,(H2,36,37,43)(H,38,39,40,41). The Morgan fingerprint density at radius 1 is 0.907 bits per heavy atom. The molecule has 1 aromatic heterocycles. The van der Waals surface area contributed by atoms with Crippen molar-refractivity contribution in [3.8, 4) is 22.5 Å². The van der Waals surface area contributed by atoms with Crippen molar-refractivity contribution >= 4 is 34.7 Å². The first-order valence-electron chi connectivity index (χ1n) is 14.7. The maximum Gasteiger partial charge on any atom is 0.323 e. The summed E-state index contributed by atoms with van der Waals surface area (Å²) in [6, 6.07) is 30.0. The quantitative estimate of drug-likeness (QED) is 0.168. The number of aryl methyl sites for hydroxylation is 1. The zero-order chi connectivity index (χ0) is 29.6. The van der Waals surface area contributed by atoms with E-state index in [2.05, 4.69) is 60.4 Å². The Morgan fingerprint density at radius 3 is 2.37 bits per heavy atom. The third kappa shape index (κ3) is 6.87. The van der Waals surface area contributed by atoms with Crippen LogP contribution in [0.15, 0.2) is 91.0 Å². The average Bonchev–Trinajstić information content (AvgIpc) is 3.58. The number of carbonyl (C=O) groups is 1. The van der Waals surface area contributed by atoms with Gasteiger partial charge in [0.15, 0.2) is 0 Å². The summed E-state index contributed by atoms with van der Waals surface area (Å²) in [6.45, 7) is 2.73. The molecule has 0 spiro atoms. The lowest BCUT2D eigenvalue weighted by molar-refractivity contribution is 0.262. The topological polar surface area (TPSA) is 98.8 Å². The molecule has 0 saturated heterocycles. The van der Waals surface area contributed by atoms with Gasteiger partial charge in [0.25, 0.3) is 0 Å². The van der Waals surface area contributed by atoms with Crippen LogP contribution in [0.25, 0.3) is 22.5 Å². The molecule has 6 rings (SSSR count). The van der Waals surface area contributed by atoms with Crippen molar-refractivity contribution in [1.82, 2.24) is 20.6 Å². The van der Waals surface area contributed by atoms with Gasteiger partial charge in [-0.25, -0.2) is 4.79 Å². The molecule has 0 radical (unpaired) electrons. The van der Waals surface area contributed by atoms with Crippen LogP contribution in [0.4, 0.5) is 21.9 Å². The second-order valence-corrected chi connectivity index (χ2v) is 11.4. The zero-order valence-corrected chi connectivity index (χ0v) is 24.8. The predicted molar refractivity (Wildman–Crippen MR) is 173 cm³/mol. The number of rotatable bonds is 8. The van der Waals surface area contributed by atoms with Gasteiger partial charge in [0.2, 0.25) is 5.82 Å². The van der Waals surface area contributed by atoms with Gasteiger partial charge in [-0.15, -0.1) is 10.2 Å². The highest BCUT2D eigenvalue weighted by molar-refractivity contribution is 6.30. The summed E-state index contributed by atoms with van der Waals surface area (Å²) in [5, 5.41) is 21.6. The minimum absolute atomic E-state index is 0.302. The fraction of sp³-hybridized carbons (Fsp3) is 0.235. The predicted octanol–water partition coefficient (Wildman–Crippen LogP) is 8.48. The highest BCUT2D eigenvalue weighted by Gasteiger charge is 2.25. The van der Waals surface area contributed by atoms with E-state index < -0.39 is 0 Å². The summed E-state index contributed by atoms with van der Waals surface area (Å²) in [5.41, 5.74) is 7.46. The number of aromatic amines is 1. The lowest BCUT2D eigenvalue weighted by Gasteiger charge is -2.37. The molecule has 0 unspecified atom stereocenters. The number of hydrogen-bond acceptors (Lipinski definition) is 5. The number of urea groups is 1. The van der Waals surface area contributed by atoms with Crippen LogP contribution in [0.1, 0.15) is 43.2 Å². The fourth-order valence-corrected chi connectivity index (χ4v) is 5.90. The van der Waals surface area contributed by atoms with Crippen LogP contribution in [-0.4, -0.2) is 32.7 Å². The van der Waals surface area contributed by atoms with Gasteiger partial charge >= 0.3 is 6.03 Å². The fourth-order valence-electron chi connectivity index (χ4n) is 5.77. The second-order valence-electron chi connectivity index (χ2n) is 11.0. The van der Waals surface area contributed by atoms with Gasteiger partial charge in [-0.2, -0.15) is 5.21 Å². The molecule has 1 aliphatic rings. The lowest BCUT2D eigenvalue weighted by Crippen LogP contribution is -2.37. The molecule has 1 saturated carbocycles. The van der Waals surface area contributed by atoms with E-state index in [1.165, 1.54) is 19.3 Å². The number of aromatic nitrogens is 4. The molecule has 1 aliphatic carbocycles. The smallest absolute Gasteiger partial charge is 0.323 e. The van der Waals surface area contributed by atoms with Crippen molar-refractivity contribution in [1.29, 1.82) is 0 Å². The molecular formula is C34H34ClN7O. The van der Waals surface area contributed by atoms with E-state index in [0.29, 0.717) is 23.4 Å². The molecule has 8 nitrogen and oxygen atoms in total. The molecule has 0 bridgehead atoms. The number of anilines is 3. The highest BCUT2D eigenvalue weighted by atomic mass is 35.5. The maximum absolute atomic E-state index is 13.4. The van der Waals surface area contributed by atoms with E-state index in [4.69, 9.17) is 11.6 Å². The Kier molecular flexibility index (Phi) is 8.65. The summed E-state index contributed by atoms with van der Waals surface area (Å²) in [7, 11) is 0. The van der Waals surface area contributed by atoms with Crippen LogP contribution in [0, 0.1) is 6.92 Å². The Hall–Kier alpha value is -4.69. The molecule has 1 fully saturated rings. The number of benzene rings is 4. The van der Waals surface area contributed by atoms with E-state index in [-0.39, 0.29) is 6.03 Å². The van der Waals surface area contributed by atoms with E-state index in [1.54, 1.807) is 0 Å². The summed E-state index contributed by atoms with van der Waals surface area (Å²) in [4.78, 5) is 15.9. The molecular weight excluding hydrogens is 558 g/mol. The molecule has 2 amide bonds. The zero-order valence-electron chi connectivity index (χ0n) is 24.1. The first-order chi connectivity index (χ1) is 21.0. The van der Waals surface area contributed by atoms with Gasteiger partial charge < -0.3 is 15.5 Å². The summed E-state index contributed by atoms with van der Waals surface area (Å²) in [6.07, 6.45) is 5.83. The van der Waals surface area contributed by atoms with Gasteiger partial charge in [-0.1, -0.05) is 91.0 Å². The number of halogens is 1. The number of nitrogens with one attached hydrogen (secondary N) is 3. The van der Waals surface area contributed by atoms with Gasteiger partial charge in [0, 0.05) is 28.9 Å². The maximum atomic E-state index is 13.4. The Balaban J connectivity index is 1.41. The normalized spacial score (nSPS) is 13.4. The first-order valence-corrected chi connectivity index (χ1v) is 15.0. The van der Waals surface area contributed by atoms with Crippen molar-refractivity contribution < 1.29 is 4.79 Å². The minimum Gasteiger partial charge on any atom is -0.363 e. The largest absolute Gasteiger partial charge is 0.363 e. The number of carbonyl (C=O) groups excluding carboxylic acids is 1. The van der Waals surface area contributed by atoms with Crippen LogP contribution >= 0.6 is 11.6 Å². The third-order valence-corrected chi connectivity index (χ3v) is 8.22. The summed E-state index contributed by atoms with van der Waals surface area (Å²) in [5.74, 6) is 0.512. The molecule has 218 valence electrons. The number of tetrazole rings is 1. The summed E-state index contributed by atoms with van der Waals surface area (Å²) >= 11 is 6.21. The molecule has 43 heavy (non-hydrogen) atoms. The minimum atomic E-state index is -0.302. The van der Waals surface area contributed by atoms with E-state index in [9.17, 15) is 4.79 Å². The number of hydrogen-bond donors (Lipinski definition) is 3. The molecule has 4 aromatic carbocycles. The summed E-state index contributed by atoms with van der Waals surface area (Å²) < 4.78 is 0. The highest BCUT2D eigenvalue weighted by Crippen LogP contribution is 2.39. The van der Waals surface area contributed by atoms with E-state index in [0.717, 1.165) is 57.7 Å². The molecule has 5 aromatic rings. The van der Waals surface area contributed by atoms with Gasteiger partial charge in [-0.3, -0.25) is 0 Å². The van der Waals surface area contributed by atoms with Crippen LogP contribution in [0.2, 0.25) is 5.02 Å². The second kappa shape index (κ2) is 13.1. The van der Waals surface area contributed by atoms with Crippen molar-refractivity contribution in [2.75, 3.05) is 15.5 Å².